The Morgan fingerprint density at radius 1 is 1.53 bits per heavy atom. The van der Waals surface area contributed by atoms with Gasteiger partial charge in [-0.05, 0) is 34.1 Å². The van der Waals surface area contributed by atoms with Crippen LogP contribution in [0.15, 0.2) is 20.8 Å². The maximum Gasteiger partial charge on any atom is 0.305 e. The van der Waals surface area contributed by atoms with Crippen molar-refractivity contribution in [1.82, 2.24) is 4.90 Å². The largest absolute Gasteiger partial charge is 0.481 e. The van der Waals surface area contributed by atoms with Crippen molar-refractivity contribution < 1.29 is 14.7 Å². The predicted octanol–water partition coefficient (Wildman–Crippen LogP) is 3.19. The first-order valence-corrected chi connectivity index (χ1v) is 8.03. The Kier molecular flexibility index (Phi) is 4.77. The number of aliphatic carboxylic acids is 1. The molecule has 1 aromatic rings. The molecule has 100 valence electrons. The Bertz CT molecular complexity index is 581. The maximum atomic E-state index is 12.1. The quantitative estimate of drug-likeness (QED) is 0.644. The van der Waals surface area contributed by atoms with E-state index in [0.29, 0.717) is 9.23 Å². The minimum atomic E-state index is -0.944. The van der Waals surface area contributed by atoms with E-state index in [1.165, 1.54) is 28.0 Å². The van der Waals surface area contributed by atoms with Crippen LogP contribution in [0.3, 0.4) is 0 Å². The summed E-state index contributed by atoms with van der Waals surface area (Å²) in [4.78, 5) is 25.4. The summed E-state index contributed by atoms with van der Waals surface area (Å²) in [7, 11) is 0. The second-order valence-corrected chi connectivity index (χ2v) is 7.79. The molecule has 8 heteroatoms. The molecule has 1 aromatic heterocycles. The molecule has 1 saturated heterocycles. The first kappa shape index (κ1) is 14.7. The van der Waals surface area contributed by atoms with Gasteiger partial charge >= 0.3 is 5.97 Å². The molecule has 2 heterocycles. The van der Waals surface area contributed by atoms with Gasteiger partial charge in [0.05, 0.1) is 15.1 Å². The Morgan fingerprint density at radius 3 is 2.84 bits per heavy atom. The third kappa shape index (κ3) is 3.65. The number of amides is 1. The van der Waals surface area contributed by atoms with E-state index in [0.717, 1.165) is 8.66 Å². The molecule has 1 aliphatic rings. The van der Waals surface area contributed by atoms with E-state index in [1.54, 1.807) is 6.08 Å². The highest BCUT2D eigenvalue weighted by Crippen LogP contribution is 2.34. The van der Waals surface area contributed by atoms with Crippen molar-refractivity contribution >= 4 is 73.5 Å². The summed E-state index contributed by atoms with van der Waals surface area (Å²) < 4.78 is 1.40. The van der Waals surface area contributed by atoms with Gasteiger partial charge in [-0.25, -0.2) is 0 Å². The number of hydrogen-bond donors (Lipinski definition) is 1. The topological polar surface area (TPSA) is 57.6 Å². The van der Waals surface area contributed by atoms with E-state index in [2.05, 4.69) is 15.9 Å². The second kappa shape index (κ2) is 6.17. The number of nitrogens with zero attached hydrogens (tertiary/aromatic N) is 1. The zero-order chi connectivity index (χ0) is 14.0. The van der Waals surface area contributed by atoms with E-state index in [4.69, 9.17) is 17.3 Å². The van der Waals surface area contributed by atoms with Crippen LogP contribution in [-0.4, -0.2) is 32.7 Å². The first-order chi connectivity index (χ1) is 8.97. The highest BCUT2D eigenvalue weighted by atomic mass is 79.9. The molecule has 1 aliphatic heterocycles. The Balaban J connectivity index is 2.13. The summed E-state index contributed by atoms with van der Waals surface area (Å²) in [5, 5.41) is 8.64. The smallest absolute Gasteiger partial charge is 0.305 e. The summed E-state index contributed by atoms with van der Waals surface area (Å²) in [6, 6.07) is 3.81. The van der Waals surface area contributed by atoms with Gasteiger partial charge < -0.3 is 5.11 Å². The highest BCUT2D eigenvalue weighted by molar-refractivity contribution is 9.11. The number of thioether (sulfide) groups is 1. The van der Waals surface area contributed by atoms with Gasteiger partial charge in [-0.15, -0.1) is 11.3 Å². The van der Waals surface area contributed by atoms with E-state index in [-0.39, 0.29) is 18.9 Å². The van der Waals surface area contributed by atoms with Crippen LogP contribution in [0.1, 0.15) is 11.3 Å². The monoisotopic (exact) mass is 377 g/mol. The van der Waals surface area contributed by atoms with E-state index < -0.39 is 5.97 Å². The average Bonchev–Trinajstić information content (AvgIpc) is 2.83. The lowest BCUT2D eigenvalue weighted by atomic mass is 10.3. The number of rotatable bonds is 4. The molecule has 1 fully saturated rings. The minimum Gasteiger partial charge on any atom is -0.481 e. The van der Waals surface area contributed by atoms with E-state index in [9.17, 15) is 9.59 Å². The lowest BCUT2D eigenvalue weighted by molar-refractivity contribution is -0.137. The molecule has 0 atom stereocenters. The molecule has 0 bridgehead atoms. The molecule has 0 saturated carbocycles. The van der Waals surface area contributed by atoms with Gasteiger partial charge in [-0.2, -0.15) is 0 Å². The van der Waals surface area contributed by atoms with Gasteiger partial charge in [-0.3, -0.25) is 14.5 Å². The summed E-state index contributed by atoms with van der Waals surface area (Å²) in [6.45, 7) is 0.117. The van der Waals surface area contributed by atoms with Crippen molar-refractivity contribution in [3.8, 4) is 0 Å². The molecule has 0 unspecified atom stereocenters. The number of halogens is 1. The van der Waals surface area contributed by atoms with Gasteiger partial charge in [0.25, 0.3) is 5.91 Å². The summed E-state index contributed by atoms with van der Waals surface area (Å²) in [5.74, 6) is -1.17. The van der Waals surface area contributed by atoms with Crippen LogP contribution in [0.25, 0.3) is 6.08 Å². The lowest BCUT2D eigenvalue weighted by Crippen LogP contribution is -2.30. The SMILES string of the molecule is O=C(O)CCN1C(=O)C(=Cc2ccc(Br)s2)SC1=S. The van der Waals surface area contributed by atoms with Gasteiger partial charge in [0.1, 0.15) is 4.32 Å². The van der Waals surface area contributed by atoms with Crippen molar-refractivity contribution in [2.24, 2.45) is 0 Å². The molecular weight excluding hydrogens is 370 g/mol. The summed E-state index contributed by atoms with van der Waals surface area (Å²) in [6.07, 6.45) is 1.67. The van der Waals surface area contributed by atoms with Crippen LogP contribution in [0.2, 0.25) is 0 Å². The van der Waals surface area contributed by atoms with Crippen LogP contribution in [0.4, 0.5) is 0 Å². The van der Waals surface area contributed by atoms with Crippen LogP contribution >= 0.6 is 51.2 Å². The number of carboxylic acids is 1. The second-order valence-electron chi connectivity index (χ2n) is 3.62. The molecule has 2 rings (SSSR count). The molecule has 0 aliphatic carbocycles. The molecule has 1 N–H and O–H groups in total. The predicted molar refractivity (Wildman–Crippen MR) is 84.2 cm³/mol. The third-order valence-electron chi connectivity index (χ3n) is 2.29. The van der Waals surface area contributed by atoms with E-state index in [1.807, 2.05) is 12.1 Å². The number of carbonyl (C=O) groups excluding carboxylic acids is 1. The van der Waals surface area contributed by atoms with Crippen molar-refractivity contribution in [2.45, 2.75) is 6.42 Å². The Labute approximate surface area is 131 Å². The molecule has 0 radical (unpaired) electrons. The molecule has 0 aromatic carbocycles. The fourth-order valence-corrected chi connectivity index (χ4v) is 4.18. The van der Waals surface area contributed by atoms with Crippen molar-refractivity contribution in [1.29, 1.82) is 0 Å². The summed E-state index contributed by atoms with van der Waals surface area (Å²) in [5.41, 5.74) is 0. The normalized spacial score (nSPS) is 17.5. The molecular formula is C11H8BrNO3S3. The lowest BCUT2D eigenvalue weighted by Gasteiger charge is -2.12. The van der Waals surface area contributed by atoms with Crippen LogP contribution in [-0.2, 0) is 9.59 Å². The van der Waals surface area contributed by atoms with Gasteiger partial charge in [-0.1, -0.05) is 24.0 Å². The zero-order valence-electron chi connectivity index (χ0n) is 9.46. The first-order valence-electron chi connectivity index (χ1n) is 5.20. The standard InChI is InChI=1S/C11H8BrNO3S3/c12-8-2-1-6(18-8)5-7-10(16)13(11(17)19-7)4-3-9(14)15/h1-2,5H,3-4H2,(H,14,15). The van der Waals surface area contributed by atoms with Gasteiger partial charge in [0, 0.05) is 11.4 Å². The van der Waals surface area contributed by atoms with Crippen molar-refractivity contribution in [3.63, 3.8) is 0 Å². The molecule has 4 nitrogen and oxygen atoms in total. The molecule has 0 spiro atoms. The van der Waals surface area contributed by atoms with Gasteiger partial charge in [0.2, 0.25) is 0 Å². The third-order valence-corrected chi connectivity index (χ3v) is 5.24. The Hall–Kier alpha value is -0.700. The average molecular weight is 378 g/mol. The highest BCUT2D eigenvalue weighted by Gasteiger charge is 2.32. The van der Waals surface area contributed by atoms with E-state index >= 15 is 0 Å². The van der Waals surface area contributed by atoms with Crippen LogP contribution < -0.4 is 0 Å². The van der Waals surface area contributed by atoms with Crippen LogP contribution in [0.5, 0.6) is 0 Å². The molecule has 1 amide bonds. The Morgan fingerprint density at radius 2 is 2.26 bits per heavy atom. The minimum absolute atomic E-state index is 0.107. The molecule has 19 heavy (non-hydrogen) atoms. The fourth-order valence-electron chi connectivity index (χ4n) is 1.44. The fraction of sp³-hybridized carbons (Fsp3) is 0.182. The van der Waals surface area contributed by atoms with Crippen molar-refractivity contribution in [2.75, 3.05) is 6.54 Å². The summed E-state index contributed by atoms with van der Waals surface area (Å²) >= 11 is 11.2. The van der Waals surface area contributed by atoms with Crippen molar-refractivity contribution in [3.05, 3.63) is 25.7 Å². The van der Waals surface area contributed by atoms with Crippen LogP contribution in [0, 0.1) is 0 Å². The number of carbonyl (C=O) groups is 2. The van der Waals surface area contributed by atoms with Gasteiger partial charge in [0.15, 0.2) is 0 Å². The number of thiophene rings is 1. The zero-order valence-corrected chi connectivity index (χ0v) is 13.5. The number of carboxylic acid groups (broad SMARTS) is 1. The number of hydrogen-bond acceptors (Lipinski definition) is 5. The maximum absolute atomic E-state index is 12.1. The number of thiocarbonyl (C=S) groups is 1.